The van der Waals surface area contributed by atoms with Gasteiger partial charge in [0.2, 0.25) is 10.0 Å². The number of benzene rings is 1. The van der Waals surface area contributed by atoms with Crippen molar-refractivity contribution in [2.75, 3.05) is 13.7 Å². The van der Waals surface area contributed by atoms with Gasteiger partial charge in [-0.3, -0.25) is 15.0 Å². The van der Waals surface area contributed by atoms with Crippen LogP contribution in [0.25, 0.3) is 10.4 Å². The lowest BCUT2D eigenvalue weighted by Gasteiger charge is -2.25. The van der Waals surface area contributed by atoms with Gasteiger partial charge in [0.15, 0.2) is 0 Å². The molecule has 0 aliphatic heterocycles. The van der Waals surface area contributed by atoms with Crippen LogP contribution in [0.4, 0.5) is 0 Å². The monoisotopic (exact) mass is 518 g/mol. The van der Waals surface area contributed by atoms with Crippen molar-refractivity contribution in [3.05, 3.63) is 78.4 Å². The number of amides is 1. The molecule has 0 radical (unpaired) electrons. The second-order valence-corrected chi connectivity index (χ2v) is 10.5. The molecular formula is C22H26N6O5S2. The van der Waals surface area contributed by atoms with Gasteiger partial charge in [-0.05, 0) is 35.9 Å². The van der Waals surface area contributed by atoms with Gasteiger partial charge in [0.25, 0.3) is 5.91 Å². The van der Waals surface area contributed by atoms with Crippen LogP contribution in [-0.2, 0) is 21.2 Å². The first-order valence-corrected chi connectivity index (χ1v) is 12.6. The molecule has 1 amide bonds. The van der Waals surface area contributed by atoms with Crippen molar-refractivity contribution in [1.29, 1.82) is 0 Å². The Labute approximate surface area is 207 Å². The van der Waals surface area contributed by atoms with E-state index in [0.717, 1.165) is 32.3 Å². The quantitative estimate of drug-likeness (QED) is 0.142. The molecule has 7 N–H and O–H groups in total. The van der Waals surface area contributed by atoms with Gasteiger partial charge in [-0.25, -0.2) is 24.5 Å². The molecule has 2 aromatic heterocycles. The maximum absolute atomic E-state index is 12.7. The summed E-state index contributed by atoms with van der Waals surface area (Å²) in [5.41, 5.74) is 9.17. The first-order chi connectivity index (χ1) is 16.7. The van der Waals surface area contributed by atoms with Gasteiger partial charge in [-0.2, -0.15) is 0 Å². The van der Waals surface area contributed by atoms with Gasteiger partial charge in [0.1, 0.15) is 16.0 Å². The van der Waals surface area contributed by atoms with E-state index in [1.807, 2.05) is 6.07 Å². The number of hydroxylamine groups is 1. The molecule has 13 heteroatoms. The Bertz CT molecular complexity index is 1260. The van der Waals surface area contributed by atoms with E-state index in [9.17, 15) is 13.2 Å². The Hall–Kier alpha value is -3.49. The van der Waals surface area contributed by atoms with Gasteiger partial charge in [-0.15, -0.1) is 11.3 Å². The second-order valence-electron chi connectivity index (χ2n) is 7.38. The van der Waals surface area contributed by atoms with E-state index in [1.54, 1.807) is 61.4 Å². The van der Waals surface area contributed by atoms with Crippen molar-refractivity contribution in [2.45, 2.75) is 16.7 Å². The summed E-state index contributed by atoms with van der Waals surface area (Å²) >= 11 is 1.10. The Morgan fingerprint density at radius 3 is 2.63 bits per heavy atom. The zero-order valence-corrected chi connectivity index (χ0v) is 20.4. The third-order valence-corrected chi connectivity index (χ3v) is 7.96. The largest absolute Gasteiger partial charge is 0.497 e. The first kappa shape index (κ1) is 26.1. The Morgan fingerprint density at radius 2 is 2.00 bits per heavy atom. The van der Waals surface area contributed by atoms with E-state index in [2.05, 4.69) is 9.71 Å². The number of aromatic nitrogens is 1. The molecule has 0 saturated carbocycles. The number of sulfonamides is 1. The summed E-state index contributed by atoms with van der Waals surface area (Å²) < 4.78 is 33.0. The summed E-state index contributed by atoms with van der Waals surface area (Å²) in [4.78, 5) is 17.0. The number of carbonyl (C=O) groups is 1. The maximum Gasteiger partial charge on any atom is 0.267 e. The van der Waals surface area contributed by atoms with E-state index < -0.39 is 22.0 Å². The highest BCUT2D eigenvalue weighted by molar-refractivity contribution is 7.91. The van der Waals surface area contributed by atoms with Crippen molar-refractivity contribution in [3.63, 3.8) is 0 Å². The van der Waals surface area contributed by atoms with E-state index >= 15 is 0 Å². The third-order valence-electron chi connectivity index (χ3n) is 4.93. The number of rotatable bonds is 11. The zero-order chi connectivity index (χ0) is 25.4. The predicted octanol–water partition coefficient (Wildman–Crippen LogP) is 1.19. The molecule has 186 valence electrons. The average molecular weight is 519 g/mol. The summed E-state index contributed by atoms with van der Waals surface area (Å²) in [5.74, 6) is 5.91. The fourth-order valence-corrected chi connectivity index (χ4v) is 5.46. The highest BCUT2D eigenvalue weighted by atomic mass is 32.2. The number of hydrazine groups is 1. The standard InChI is InChI=1S/C22H26N6O5S2/c1-33-18-6-4-15(5-7-18)11-19(22(29)27-30)28(24)14-17(23)13-26-35(31,32)21-9-8-20(34-21)16-3-2-10-25-12-16/h2-10,12,14,19,26,30H,11,13,23-24H2,1H3,(H,27,29)/b17-14-/t19-/m0/s1. The summed E-state index contributed by atoms with van der Waals surface area (Å²) in [5, 5.41) is 10.1. The molecule has 11 nitrogen and oxygen atoms in total. The molecule has 0 fully saturated rings. The average Bonchev–Trinajstić information content (AvgIpc) is 3.38. The fraction of sp³-hybridized carbons (Fsp3) is 0.182. The van der Waals surface area contributed by atoms with Crippen molar-refractivity contribution in [3.8, 4) is 16.2 Å². The van der Waals surface area contributed by atoms with E-state index in [1.165, 1.54) is 12.3 Å². The number of hydrogen-bond donors (Lipinski definition) is 5. The van der Waals surface area contributed by atoms with Gasteiger partial charge >= 0.3 is 0 Å². The molecule has 1 atom stereocenters. The Morgan fingerprint density at radius 1 is 1.26 bits per heavy atom. The molecule has 0 unspecified atom stereocenters. The minimum absolute atomic E-state index is 0.0607. The molecule has 1 aromatic carbocycles. The number of pyridine rings is 1. The van der Waals surface area contributed by atoms with Crippen molar-refractivity contribution < 1.29 is 23.2 Å². The molecule has 3 rings (SSSR count). The fourth-order valence-electron chi connectivity index (χ4n) is 3.10. The Balaban J connectivity index is 1.66. The van der Waals surface area contributed by atoms with Crippen LogP contribution >= 0.6 is 11.3 Å². The number of methoxy groups -OCH3 is 1. The van der Waals surface area contributed by atoms with Gasteiger partial charge < -0.3 is 15.5 Å². The Kier molecular flexibility index (Phi) is 8.78. The summed E-state index contributed by atoms with van der Waals surface area (Å²) in [7, 11) is -2.30. The predicted molar refractivity (Wildman–Crippen MR) is 131 cm³/mol. The summed E-state index contributed by atoms with van der Waals surface area (Å²) in [6.45, 7) is -0.244. The van der Waals surface area contributed by atoms with Crippen molar-refractivity contribution in [2.24, 2.45) is 11.6 Å². The second kappa shape index (κ2) is 11.8. The van der Waals surface area contributed by atoms with Crippen LogP contribution in [0.3, 0.4) is 0 Å². The molecule has 0 aliphatic rings. The number of thiophene rings is 1. The zero-order valence-electron chi connectivity index (χ0n) is 18.8. The van der Waals surface area contributed by atoms with Crippen molar-refractivity contribution in [1.82, 2.24) is 20.2 Å². The molecule has 0 aliphatic carbocycles. The van der Waals surface area contributed by atoms with Crippen LogP contribution in [0.15, 0.2) is 77.0 Å². The number of nitrogens with zero attached hydrogens (tertiary/aromatic N) is 2. The molecule has 35 heavy (non-hydrogen) atoms. The van der Waals surface area contributed by atoms with Crippen LogP contribution in [-0.4, -0.2) is 49.2 Å². The summed E-state index contributed by atoms with van der Waals surface area (Å²) in [6, 6.07) is 12.8. The first-order valence-electron chi connectivity index (χ1n) is 10.3. The SMILES string of the molecule is COc1ccc(C[C@@H](C(=O)NO)N(N)/C=C(\N)CNS(=O)(=O)c2ccc(-c3cccnc3)s2)cc1. The lowest BCUT2D eigenvalue weighted by Crippen LogP contribution is -2.49. The number of hydrogen-bond acceptors (Lipinski definition) is 10. The van der Waals surface area contributed by atoms with Crippen LogP contribution < -0.4 is 26.5 Å². The van der Waals surface area contributed by atoms with Crippen LogP contribution in [0, 0.1) is 0 Å². The lowest BCUT2D eigenvalue weighted by molar-refractivity contribution is -0.134. The number of nitrogens with two attached hydrogens (primary N) is 2. The summed E-state index contributed by atoms with van der Waals surface area (Å²) in [6.07, 6.45) is 4.67. The third kappa shape index (κ3) is 7.00. The molecule has 0 spiro atoms. The van der Waals surface area contributed by atoms with E-state index in [4.69, 9.17) is 21.5 Å². The lowest BCUT2D eigenvalue weighted by atomic mass is 10.0. The van der Waals surface area contributed by atoms with Gasteiger partial charge in [0.05, 0.1) is 13.7 Å². The van der Waals surface area contributed by atoms with Crippen LogP contribution in [0.1, 0.15) is 5.56 Å². The number of ether oxygens (including phenoxy) is 1. The highest BCUT2D eigenvalue weighted by Crippen LogP contribution is 2.30. The van der Waals surface area contributed by atoms with Gasteiger partial charge in [0, 0.05) is 41.2 Å². The highest BCUT2D eigenvalue weighted by Gasteiger charge is 2.23. The minimum atomic E-state index is -3.84. The number of carbonyl (C=O) groups excluding carboxylic acids is 1. The molecular weight excluding hydrogens is 492 g/mol. The van der Waals surface area contributed by atoms with E-state index in [0.29, 0.717) is 5.75 Å². The smallest absolute Gasteiger partial charge is 0.267 e. The molecule has 0 bridgehead atoms. The minimum Gasteiger partial charge on any atom is -0.497 e. The van der Waals surface area contributed by atoms with Gasteiger partial charge in [-0.1, -0.05) is 18.2 Å². The maximum atomic E-state index is 12.7. The van der Waals surface area contributed by atoms with Crippen LogP contribution in [0.2, 0.25) is 0 Å². The van der Waals surface area contributed by atoms with E-state index in [-0.39, 0.29) is 22.9 Å². The molecule has 2 heterocycles. The normalized spacial score (nSPS) is 12.7. The molecule has 3 aromatic rings. The molecule has 0 saturated heterocycles. The number of nitrogens with one attached hydrogen (secondary N) is 2. The van der Waals surface area contributed by atoms with Crippen LogP contribution in [0.5, 0.6) is 5.75 Å². The van der Waals surface area contributed by atoms with Crippen molar-refractivity contribution >= 4 is 27.3 Å². The topological polar surface area (TPSA) is 173 Å².